The van der Waals surface area contributed by atoms with E-state index in [2.05, 4.69) is 29.0 Å². The van der Waals surface area contributed by atoms with Crippen LogP contribution in [0.25, 0.3) is 0 Å². The summed E-state index contributed by atoms with van der Waals surface area (Å²) < 4.78 is 5.84. The summed E-state index contributed by atoms with van der Waals surface area (Å²) in [6.45, 7) is 14.8. The predicted octanol–water partition coefficient (Wildman–Crippen LogP) is 4.24. The molecule has 1 N–H and O–H groups in total. The van der Waals surface area contributed by atoms with Crippen LogP contribution in [0.4, 0.5) is 0 Å². The van der Waals surface area contributed by atoms with E-state index in [4.69, 9.17) is 4.74 Å². The van der Waals surface area contributed by atoms with Crippen LogP contribution >= 0.6 is 0 Å². The Balaban J connectivity index is 1.43. The van der Waals surface area contributed by atoms with E-state index in [1.165, 1.54) is 0 Å². The normalized spacial score (nSPS) is 24.5. The van der Waals surface area contributed by atoms with Crippen LogP contribution < -0.4 is 5.32 Å². The summed E-state index contributed by atoms with van der Waals surface area (Å²) in [4.78, 5) is 62.8. The molecule has 3 saturated heterocycles. The molecule has 6 atom stereocenters. The van der Waals surface area contributed by atoms with Crippen LogP contribution in [0.5, 0.6) is 0 Å². The first-order valence-electron chi connectivity index (χ1n) is 17.8. The molecule has 10 nitrogen and oxygen atoms in total. The third-order valence-electron chi connectivity index (χ3n) is 10.5. The number of piperidine rings is 1. The first-order chi connectivity index (χ1) is 22.2. The molecule has 3 aliphatic heterocycles. The van der Waals surface area contributed by atoms with Crippen molar-refractivity contribution >= 4 is 23.7 Å². The summed E-state index contributed by atoms with van der Waals surface area (Å²) in [5, 5.41) is 3.14. The monoisotopic (exact) mass is 653 g/mol. The number of likely N-dealkylation sites (tertiary alicyclic amines) is 3. The molecule has 3 aliphatic rings. The smallest absolute Gasteiger partial charge is 0.329 e. The van der Waals surface area contributed by atoms with E-state index < -0.39 is 23.6 Å². The Labute approximate surface area is 282 Å². The molecular weight excluding hydrogens is 594 g/mol. The van der Waals surface area contributed by atoms with Gasteiger partial charge in [-0.1, -0.05) is 71.4 Å². The van der Waals surface area contributed by atoms with E-state index in [0.717, 1.165) is 57.2 Å². The summed E-state index contributed by atoms with van der Waals surface area (Å²) in [6, 6.07) is 7.64. The van der Waals surface area contributed by atoms with Gasteiger partial charge in [0.25, 0.3) is 0 Å². The zero-order valence-electron chi connectivity index (χ0n) is 30.0. The number of hydrogen-bond acceptors (Lipinski definition) is 7. The lowest BCUT2D eigenvalue weighted by Crippen LogP contribution is -2.61. The summed E-state index contributed by atoms with van der Waals surface area (Å²) >= 11 is 0. The molecule has 0 radical (unpaired) electrons. The van der Waals surface area contributed by atoms with Gasteiger partial charge >= 0.3 is 5.97 Å². The molecule has 3 amide bonds. The number of amides is 3. The number of hydrogen-bond donors (Lipinski definition) is 1. The van der Waals surface area contributed by atoms with Gasteiger partial charge in [0.1, 0.15) is 18.2 Å². The zero-order valence-corrected chi connectivity index (χ0v) is 30.0. The third kappa shape index (κ3) is 8.93. The maximum atomic E-state index is 14.2. The molecule has 0 aromatic heterocycles. The van der Waals surface area contributed by atoms with Crippen LogP contribution in [0.15, 0.2) is 30.3 Å². The highest BCUT2D eigenvalue weighted by Gasteiger charge is 2.44. The van der Waals surface area contributed by atoms with Crippen LogP contribution in [0, 0.1) is 11.3 Å². The topological polar surface area (TPSA) is 103 Å². The van der Waals surface area contributed by atoms with Crippen molar-refractivity contribution in [3.05, 3.63) is 35.9 Å². The van der Waals surface area contributed by atoms with Gasteiger partial charge in [0, 0.05) is 26.2 Å². The molecule has 47 heavy (non-hydrogen) atoms. The number of carbonyl (C=O) groups is 4. The Kier molecular flexibility index (Phi) is 12.5. The number of esters is 1. The molecule has 0 bridgehead atoms. The van der Waals surface area contributed by atoms with Gasteiger partial charge in [-0.15, -0.1) is 0 Å². The highest BCUT2D eigenvalue weighted by molar-refractivity contribution is 5.91. The van der Waals surface area contributed by atoms with Gasteiger partial charge in [0.2, 0.25) is 17.7 Å². The summed E-state index contributed by atoms with van der Waals surface area (Å²) in [6.07, 6.45) is 5.45. The lowest BCUT2D eigenvalue weighted by atomic mass is 9.84. The quantitative estimate of drug-likeness (QED) is 0.357. The van der Waals surface area contributed by atoms with E-state index in [1.54, 1.807) is 9.80 Å². The number of nitrogens with one attached hydrogen (secondary N) is 1. The standard InChI is InChI=1S/C37H59N5O5/c1-25(2)31(40(8)35(45)32(37(4,5)6)38-33(43)28-18-12-13-21-39(28)7)24-41-22-14-19-29(41)34(44)42-23-15-20-30(42)36(46)47-26(3)27-16-10-9-11-17-27/h9-11,16-17,25-26,28-32H,12-15,18-24H2,1-8H3,(H,38,43)/t26-,28?,29?,30+,31-,32?/m1/s1. The van der Waals surface area contributed by atoms with Gasteiger partial charge in [0.15, 0.2) is 0 Å². The highest BCUT2D eigenvalue weighted by atomic mass is 16.5. The maximum absolute atomic E-state index is 14.2. The second-order valence-electron chi connectivity index (χ2n) is 15.4. The molecule has 1 aromatic rings. The van der Waals surface area contributed by atoms with Crippen molar-refractivity contribution in [3.8, 4) is 0 Å². The minimum absolute atomic E-state index is 0.0257. The molecule has 3 heterocycles. The van der Waals surface area contributed by atoms with Gasteiger partial charge in [-0.3, -0.25) is 24.2 Å². The number of nitrogens with zero attached hydrogens (tertiary/aromatic N) is 4. The van der Waals surface area contributed by atoms with Crippen LogP contribution in [0.2, 0.25) is 0 Å². The molecule has 0 spiro atoms. The van der Waals surface area contributed by atoms with Crippen molar-refractivity contribution in [1.82, 2.24) is 24.9 Å². The summed E-state index contributed by atoms with van der Waals surface area (Å²) in [7, 11) is 3.81. The summed E-state index contributed by atoms with van der Waals surface area (Å²) in [5.41, 5.74) is 0.436. The Morgan fingerprint density at radius 2 is 1.53 bits per heavy atom. The minimum Gasteiger partial charge on any atom is -0.456 e. The van der Waals surface area contributed by atoms with Crippen LogP contribution in [-0.4, -0.2) is 114 Å². The first kappa shape index (κ1) is 36.8. The minimum atomic E-state index is -0.678. The van der Waals surface area contributed by atoms with Crippen molar-refractivity contribution in [3.63, 3.8) is 0 Å². The lowest BCUT2D eigenvalue weighted by Gasteiger charge is -2.41. The Morgan fingerprint density at radius 1 is 0.894 bits per heavy atom. The van der Waals surface area contributed by atoms with E-state index in [-0.39, 0.29) is 47.7 Å². The van der Waals surface area contributed by atoms with Crippen LogP contribution in [-0.2, 0) is 23.9 Å². The maximum Gasteiger partial charge on any atom is 0.329 e. The summed E-state index contributed by atoms with van der Waals surface area (Å²) in [5.74, 6) is -0.453. The zero-order chi connectivity index (χ0) is 34.5. The van der Waals surface area contributed by atoms with Gasteiger partial charge in [-0.05, 0) is 82.5 Å². The molecule has 262 valence electrons. The SMILES string of the molecule is CC(C)[C@@H](CN1CCCC1C(=O)N1CCC[C@H]1C(=O)O[C@H](C)c1ccccc1)N(C)C(=O)C(NC(=O)C1CCCCN1C)C(C)(C)C. The average Bonchev–Trinajstić information content (AvgIpc) is 3.72. The largest absolute Gasteiger partial charge is 0.456 e. The number of rotatable bonds is 11. The van der Waals surface area contributed by atoms with E-state index in [1.807, 2.05) is 72.1 Å². The van der Waals surface area contributed by atoms with Gasteiger partial charge < -0.3 is 19.9 Å². The Bertz CT molecular complexity index is 1230. The van der Waals surface area contributed by atoms with Crippen LogP contribution in [0.1, 0.15) is 98.2 Å². The first-order valence-corrected chi connectivity index (χ1v) is 17.8. The lowest BCUT2D eigenvalue weighted by molar-refractivity contribution is -0.159. The number of likely N-dealkylation sites (N-methyl/N-ethyl adjacent to an activating group) is 2. The van der Waals surface area contributed by atoms with E-state index in [0.29, 0.717) is 19.5 Å². The fraction of sp³-hybridized carbons (Fsp3) is 0.730. The molecule has 4 rings (SSSR count). The van der Waals surface area contributed by atoms with Crippen molar-refractivity contribution in [2.75, 3.05) is 40.3 Å². The van der Waals surface area contributed by atoms with Crippen LogP contribution in [0.3, 0.4) is 0 Å². The molecule has 0 saturated carbocycles. The van der Waals surface area contributed by atoms with Gasteiger partial charge in [-0.25, -0.2) is 4.79 Å². The molecular formula is C37H59N5O5. The average molecular weight is 654 g/mol. The highest BCUT2D eigenvalue weighted by Crippen LogP contribution is 2.29. The number of ether oxygens (including phenoxy) is 1. The third-order valence-corrected chi connectivity index (χ3v) is 10.5. The van der Waals surface area contributed by atoms with E-state index >= 15 is 0 Å². The second-order valence-corrected chi connectivity index (χ2v) is 15.4. The van der Waals surface area contributed by atoms with Crippen molar-refractivity contribution in [2.45, 2.75) is 123 Å². The fourth-order valence-corrected chi connectivity index (χ4v) is 7.52. The molecule has 10 heteroatoms. The Morgan fingerprint density at radius 3 is 2.17 bits per heavy atom. The molecule has 3 unspecified atom stereocenters. The molecule has 1 aromatic carbocycles. The van der Waals surface area contributed by atoms with Crippen molar-refractivity contribution in [2.24, 2.45) is 11.3 Å². The van der Waals surface area contributed by atoms with Gasteiger partial charge in [-0.2, -0.15) is 0 Å². The molecule has 0 aliphatic carbocycles. The van der Waals surface area contributed by atoms with Gasteiger partial charge in [0.05, 0.1) is 12.1 Å². The fourth-order valence-electron chi connectivity index (χ4n) is 7.52. The number of carbonyl (C=O) groups excluding carboxylic acids is 4. The van der Waals surface area contributed by atoms with Crippen molar-refractivity contribution in [1.29, 1.82) is 0 Å². The second kappa shape index (κ2) is 15.9. The van der Waals surface area contributed by atoms with E-state index in [9.17, 15) is 19.2 Å². The molecule has 3 fully saturated rings. The van der Waals surface area contributed by atoms with Crippen molar-refractivity contribution < 1.29 is 23.9 Å². The number of benzene rings is 1. The predicted molar refractivity (Wildman–Crippen MR) is 183 cm³/mol. The Hall–Kier alpha value is -2.98.